The van der Waals surface area contributed by atoms with Crippen molar-refractivity contribution >= 4 is 22.5 Å². The van der Waals surface area contributed by atoms with Gasteiger partial charge in [0.2, 0.25) is 5.91 Å². The number of aromatic nitrogens is 3. The van der Waals surface area contributed by atoms with Crippen LogP contribution < -0.4 is 10.1 Å². The smallest absolute Gasteiger partial charge is 0.246 e. The molecule has 1 amide bonds. The molecule has 0 fully saturated rings. The molecule has 0 saturated carbocycles. The second-order valence-corrected chi connectivity index (χ2v) is 5.72. The van der Waals surface area contributed by atoms with E-state index in [1.54, 1.807) is 18.6 Å². The standard InChI is InChI=1S/C20H16N4O2/c25-20(23-15-6-2-1-3-7-15)14-24-13-16(12-22-24)26-19-10-11-21-18-9-5-4-8-17(18)19/h1-13H,14H2,(H,23,25). The van der Waals surface area contributed by atoms with Gasteiger partial charge >= 0.3 is 0 Å². The van der Waals surface area contributed by atoms with Crippen LogP contribution in [-0.4, -0.2) is 20.7 Å². The molecule has 0 aliphatic rings. The minimum Gasteiger partial charge on any atom is -0.453 e. The lowest BCUT2D eigenvalue weighted by Gasteiger charge is -2.06. The summed E-state index contributed by atoms with van der Waals surface area (Å²) in [4.78, 5) is 16.4. The second kappa shape index (κ2) is 7.06. The molecule has 0 unspecified atom stereocenters. The summed E-state index contributed by atoms with van der Waals surface area (Å²) < 4.78 is 7.46. The lowest BCUT2D eigenvalue weighted by Crippen LogP contribution is -2.18. The van der Waals surface area contributed by atoms with Gasteiger partial charge in [0.05, 0.1) is 17.9 Å². The molecule has 4 aromatic rings. The van der Waals surface area contributed by atoms with Crippen LogP contribution in [0.3, 0.4) is 0 Å². The predicted molar refractivity (Wildman–Crippen MR) is 99.1 cm³/mol. The van der Waals surface area contributed by atoms with Gasteiger partial charge in [0.15, 0.2) is 5.75 Å². The van der Waals surface area contributed by atoms with Gasteiger partial charge in [-0.15, -0.1) is 0 Å². The van der Waals surface area contributed by atoms with Crippen molar-refractivity contribution in [3.05, 3.63) is 79.3 Å². The quantitative estimate of drug-likeness (QED) is 0.597. The highest BCUT2D eigenvalue weighted by atomic mass is 16.5. The average Bonchev–Trinajstić information content (AvgIpc) is 3.09. The van der Waals surface area contributed by atoms with E-state index in [0.717, 1.165) is 16.6 Å². The van der Waals surface area contributed by atoms with Crippen molar-refractivity contribution in [3.63, 3.8) is 0 Å². The fourth-order valence-corrected chi connectivity index (χ4v) is 2.64. The van der Waals surface area contributed by atoms with Crippen LogP contribution >= 0.6 is 0 Å². The van der Waals surface area contributed by atoms with E-state index in [0.29, 0.717) is 11.5 Å². The molecule has 2 aromatic carbocycles. The van der Waals surface area contributed by atoms with Gasteiger partial charge in [-0.2, -0.15) is 5.10 Å². The number of nitrogens with one attached hydrogen (secondary N) is 1. The van der Waals surface area contributed by atoms with Crippen LogP contribution in [0.25, 0.3) is 10.9 Å². The molecule has 128 valence electrons. The first kappa shape index (κ1) is 15.8. The lowest BCUT2D eigenvalue weighted by molar-refractivity contribution is -0.116. The molecule has 0 atom stereocenters. The fourth-order valence-electron chi connectivity index (χ4n) is 2.64. The Labute approximate surface area is 150 Å². The Morgan fingerprint density at radius 2 is 1.85 bits per heavy atom. The number of pyridine rings is 1. The predicted octanol–water partition coefficient (Wildman–Crippen LogP) is 3.86. The van der Waals surface area contributed by atoms with Gasteiger partial charge in [0, 0.05) is 17.3 Å². The molecular weight excluding hydrogens is 328 g/mol. The van der Waals surface area contributed by atoms with E-state index >= 15 is 0 Å². The summed E-state index contributed by atoms with van der Waals surface area (Å²) in [6.07, 6.45) is 4.99. The number of benzene rings is 2. The number of ether oxygens (including phenoxy) is 1. The van der Waals surface area contributed by atoms with E-state index in [4.69, 9.17) is 4.74 Å². The van der Waals surface area contributed by atoms with Crippen molar-refractivity contribution < 1.29 is 9.53 Å². The van der Waals surface area contributed by atoms with E-state index in [1.165, 1.54) is 4.68 Å². The van der Waals surface area contributed by atoms with Gasteiger partial charge < -0.3 is 10.1 Å². The summed E-state index contributed by atoms with van der Waals surface area (Å²) in [5.74, 6) is 1.11. The van der Waals surface area contributed by atoms with Crippen molar-refractivity contribution in [1.82, 2.24) is 14.8 Å². The van der Waals surface area contributed by atoms with E-state index in [-0.39, 0.29) is 12.5 Å². The summed E-state index contributed by atoms with van der Waals surface area (Å²) in [6.45, 7) is 0.106. The molecule has 2 aromatic heterocycles. The first-order chi connectivity index (χ1) is 12.8. The van der Waals surface area contributed by atoms with Crippen molar-refractivity contribution in [2.75, 3.05) is 5.32 Å². The average molecular weight is 344 g/mol. The molecular formula is C20H16N4O2. The third-order valence-corrected chi connectivity index (χ3v) is 3.81. The number of fused-ring (bicyclic) bond motifs is 1. The summed E-state index contributed by atoms with van der Waals surface area (Å²) in [5, 5.41) is 7.93. The van der Waals surface area contributed by atoms with Gasteiger partial charge in [0.1, 0.15) is 12.3 Å². The number of nitrogens with zero attached hydrogens (tertiary/aromatic N) is 3. The van der Waals surface area contributed by atoms with Crippen molar-refractivity contribution in [1.29, 1.82) is 0 Å². The Morgan fingerprint density at radius 3 is 2.73 bits per heavy atom. The van der Waals surface area contributed by atoms with Gasteiger partial charge in [-0.25, -0.2) is 0 Å². The van der Waals surface area contributed by atoms with Crippen LogP contribution in [0.2, 0.25) is 0 Å². The molecule has 0 saturated heterocycles. The maximum atomic E-state index is 12.1. The zero-order valence-corrected chi connectivity index (χ0v) is 13.9. The minimum absolute atomic E-state index is 0.106. The molecule has 4 rings (SSSR count). The van der Waals surface area contributed by atoms with Crippen LogP contribution in [0.15, 0.2) is 79.3 Å². The van der Waals surface area contributed by atoms with Crippen LogP contribution in [0, 0.1) is 0 Å². The molecule has 26 heavy (non-hydrogen) atoms. The van der Waals surface area contributed by atoms with Crippen molar-refractivity contribution in [2.45, 2.75) is 6.54 Å². The number of rotatable bonds is 5. The normalized spacial score (nSPS) is 10.6. The second-order valence-electron chi connectivity index (χ2n) is 5.72. The Hall–Kier alpha value is -3.67. The molecule has 0 aliphatic heterocycles. The summed E-state index contributed by atoms with van der Waals surface area (Å²) in [7, 11) is 0. The third kappa shape index (κ3) is 3.54. The maximum absolute atomic E-state index is 12.1. The SMILES string of the molecule is O=C(Cn1cc(Oc2ccnc3ccccc23)cn1)Nc1ccccc1. The van der Waals surface area contributed by atoms with Crippen LogP contribution in [-0.2, 0) is 11.3 Å². The Bertz CT molecular complexity index is 1040. The van der Waals surface area contributed by atoms with Crippen LogP contribution in [0.1, 0.15) is 0 Å². The van der Waals surface area contributed by atoms with Crippen molar-refractivity contribution in [2.24, 2.45) is 0 Å². The Morgan fingerprint density at radius 1 is 1.04 bits per heavy atom. The molecule has 1 N–H and O–H groups in total. The number of carbonyl (C=O) groups is 1. The molecule has 6 heteroatoms. The number of hydrogen-bond acceptors (Lipinski definition) is 4. The summed E-state index contributed by atoms with van der Waals surface area (Å²) in [6, 6.07) is 18.9. The van der Waals surface area contributed by atoms with E-state index in [9.17, 15) is 4.79 Å². The number of amides is 1. The highest BCUT2D eigenvalue weighted by molar-refractivity contribution is 5.90. The topological polar surface area (TPSA) is 69.0 Å². The number of hydrogen-bond donors (Lipinski definition) is 1. The molecule has 0 bridgehead atoms. The zero-order valence-electron chi connectivity index (χ0n) is 13.9. The first-order valence-corrected chi connectivity index (χ1v) is 8.17. The van der Waals surface area contributed by atoms with Crippen molar-refractivity contribution in [3.8, 4) is 11.5 Å². The van der Waals surface area contributed by atoms with Gasteiger partial charge in [-0.1, -0.05) is 30.3 Å². The first-order valence-electron chi connectivity index (χ1n) is 8.17. The van der Waals surface area contributed by atoms with Crippen LogP contribution in [0.5, 0.6) is 11.5 Å². The number of para-hydroxylation sites is 2. The fraction of sp³-hybridized carbons (Fsp3) is 0.0500. The molecule has 6 nitrogen and oxygen atoms in total. The van der Waals surface area contributed by atoms with Gasteiger partial charge in [-0.05, 0) is 30.3 Å². The Kier molecular flexibility index (Phi) is 4.30. The monoisotopic (exact) mass is 344 g/mol. The summed E-state index contributed by atoms with van der Waals surface area (Å²) >= 11 is 0. The highest BCUT2D eigenvalue weighted by Crippen LogP contribution is 2.28. The lowest BCUT2D eigenvalue weighted by atomic mass is 10.2. The highest BCUT2D eigenvalue weighted by Gasteiger charge is 2.08. The Balaban J connectivity index is 1.45. The molecule has 0 aliphatic carbocycles. The molecule has 0 spiro atoms. The number of anilines is 1. The third-order valence-electron chi connectivity index (χ3n) is 3.81. The van der Waals surface area contributed by atoms with E-state index in [1.807, 2.05) is 60.7 Å². The van der Waals surface area contributed by atoms with E-state index in [2.05, 4.69) is 15.4 Å². The maximum Gasteiger partial charge on any atom is 0.246 e. The molecule has 2 heterocycles. The van der Waals surface area contributed by atoms with Gasteiger partial charge in [0.25, 0.3) is 0 Å². The van der Waals surface area contributed by atoms with Gasteiger partial charge in [-0.3, -0.25) is 14.5 Å². The minimum atomic E-state index is -0.153. The van der Waals surface area contributed by atoms with E-state index < -0.39 is 0 Å². The largest absolute Gasteiger partial charge is 0.453 e. The molecule has 0 radical (unpaired) electrons. The number of carbonyl (C=O) groups excluding carboxylic acids is 1. The summed E-state index contributed by atoms with van der Waals surface area (Å²) in [5.41, 5.74) is 1.61. The van der Waals surface area contributed by atoms with Crippen LogP contribution in [0.4, 0.5) is 5.69 Å². The zero-order chi connectivity index (χ0) is 17.8.